The highest BCUT2D eigenvalue weighted by molar-refractivity contribution is 5.32. The summed E-state index contributed by atoms with van der Waals surface area (Å²) in [5, 5.41) is 0. The van der Waals surface area contributed by atoms with Crippen molar-refractivity contribution in [3.8, 4) is 12.3 Å². The molecule has 2 atom stereocenters. The Balaban J connectivity index is 1.72. The van der Waals surface area contributed by atoms with E-state index in [1.54, 1.807) is 5.56 Å². The monoisotopic (exact) mass is 322 g/mol. The maximum atomic E-state index is 5.60. The molecule has 24 heavy (non-hydrogen) atoms. The largest absolute Gasteiger partial charge is 0.115 e. The molecule has 1 aliphatic carbocycles. The number of aryl methyl sites for hydroxylation is 2. The van der Waals surface area contributed by atoms with E-state index in [0.717, 1.165) is 24.7 Å². The van der Waals surface area contributed by atoms with E-state index in [-0.39, 0.29) is 0 Å². The summed E-state index contributed by atoms with van der Waals surface area (Å²) in [6, 6.07) is 7.06. The highest BCUT2D eigenvalue weighted by Crippen LogP contribution is 2.40. The lowest BCUT2D eigenvalue weighted by atomic mass is 9.92. The molecular weight excluding hydrogens is 288 g/mol. The van der Waals surface area contributed by atoms with Crippen molar-refractivity contribution in [2.24, 2.45) is 5.92 Å². The van der Waals surface area contributed by atoms with E-state index in [2.05, 4.69) is 51.0 Å². The molecule has 1 aromatic rings. The van der Waals surface area contributed by atoms with Crippen LogP contribution >= 0.6 is 0 Å². The van der Waals surface area contributed by atoms with Crippen LogP contribution in [0.4, 0.5) is 0 Å². The van der Waals surface area contributed by atoms with Gasteiger partial charge in [0.2, 0.25) is 0 Å². The third-order valence-corrected chi connectivity index (χ3v) is 5.72. The average molecular weight is 323 g/mol. The van der Waals surface area contributed by atoms with Crippen molar-refractivity contribution in [1.29, 1.82) is 0 Å². The smallest absolute Gasteiger partial charge is 0.00223 e. The Morgan fingerprint density at radius 3 is 2.75 bits per heavy atom. The molecule has 0 heterocycles. The van der Waals surface area contributed by atoms with Gasteiger partial charge in [-0.3, -0.25) is 0 Å². The van der Waals surface area contributed by atoms with Crippen LogP contribution in [0.1, 0.15) is 87.3 Å². The van der Waals surface area contributed by atoms with Crippen molar-refractivity contribution in [3.05, 3.63) is 46.5 Å². The van der Waals surface area contributed by atoms with Crippen molar-refractivity contribution >= 4 is 0 Å². The Morgan fingerprint density at radius 2 is 2.04 bits per heavy atom. The second kappa shape index (κ2) is 9.73. The van der Waals surface area contributed by atoms with E-state index < -0.39 is 0 Å². The lowest BCUT2D eigenvalue weighted by Crippen LogP contribution is -1.97. The number of hydrogen-bond donors (Lipinski definition) is 0. The van der Waals surface area contributed by atoms with Crippen molar-refractivity contribution < 1.29 is 0 Å². The van der Waals surface area contributed by atoms with Crippen LogP contribution in [0.2, 0.25) is 0 Å². The maximum absolute atomic E-state index is 5.60. The van der Waals surface area contributed by atoms with Gasteiger partial charge in [-0.15, -0.1) is 6.42 Å². The predicted molar refractivity (Wildman–Crippen MR) is 106 cm³/mol. The zero-order valence-corrected chi connectivity index (χ0v) is 15.9. The molecule has 2 unspecified atom stereocenters. The Labute approximate surface area is 149 Å². The molecule has 0 saturated heterocycles. The van der Waals surface area contributed by atoms with Crippen LogP contribution in [0.5, 0.6) is 0 Å². The molecule has 0 radical (unpaired) electrons. The Bertz CT molecular complexity index is 585. The van der Waals surface area contributed by atoms with Crippen LogP contribution in [0.25, 0.3) is 0 Å². The normalized spacial score (nSPS) is 21.0. The first-order valence-corrected chi connectivity index (χ1v) is 9.86. The number of terminal acetylenes is 1. The summed E-state index contributed by atoms with van der Waals surface area (Å²) >= 11 is 0. The van der Waals surface area contributed by atoms with Crippen LogP contribution in [-0.2, 0) is 0 Å². The summed E-state index contributed by atoms with van der Waals surface area (Å²) in [5.41, 5.74) is 5.64. The van der Waals surface area contributed by atoms with Gasteiger partial charge in [0, 0.05) is 0 Å². The predicted octanol–water partition coefficient (Wildman–Crippen LogP) is 7.11. The molecule has 2 rings (SSSR count). The summed E-state index contributed by atoms with van der Waals surface area (Å²) in [5.74, 6) is 4.58. The molecule has 0 nitrogen and oxygen atoms in total. The van der Waals surface area contributed by atoms with Crippen LogP contribution in [0, 0.1) is 32.1 Å². The minimum atomic E-state index is 0.792. The zero-order valence-electron chi connectivity index (χ0n) is 15.9. The Morgan fingerprint density at radius 1 is 1.21 bits per heavy atom. The van der Waals surface area contributed by atoms with Gasteiger partial charge in [-0.2, -0.15) is 0 Å². The van der Waals surface area contributed by atoms with Gasteiger partial charge in [0.1, 0.15) is 0 Å². The van der Waals surface area contributed by atoms with Gasteiger partial charge in [0.05, 0.1) is 0 Å². The number of hydrogen-bond acceptors (Lipinski definition) is 0. The lowest BCUT2D eigenvalue weighted by molar-refractivity contribution is 0.468. The second-order valence-electron chi connectivity index (χ2n) is 7.63. The van der Waals surface area contributed by atoms with E-state index in [4.69, 9.17) is 6.42 Å². The lowest BCUT2D eigenvalue weighted by Gasteiger charge is -2.13. The number of rotatable bonds is 8. The third-order valence-electron chi connectivity index (χ3n) is 5.72. The fourth-order valence-electron chi connectivity index (χ4n) is 3.96. The molecule has 1 fully saturated rings. The van der Waals surface area contributed by atoms with Crippen molar-refractivity contribution in [1.82, 2.24) is 0 Å². The van der Waals surface area contributed by atoms with Gasteiger partial charge in [0.15, 0.2) is 0 Å². The SMILES string of the molecule is C#C/C(=C\CCC)CCCCC1CCC(c2ccc(C)c(C)c2)C1. The zero-order chi connectivity index (χ0) is 17.4. The molecule has 1 aliphatic rings. The van der Waals surface area contributed by atoms with Gasteiger partial charge in [-0.05, 0) is 86.5 Å². The fourth-order valence-corrected chi connectivity index (χ4v) is 3.96. The average Bonchev–Trinajstić information content (AvgIpc) is 3.05. The first-order valence-electron chi connectivity index (χ1n) is 9.86. The summed E-state index contributed by atoms with van der Waals surface area (Å²) in [6.07, 6.45) is 19.4. The van der Waals surface area contributed by atoms with E-state index >= 15 is 0 Å². The Kier molecular flexibility index (Phi) is 7.64. The highest BCUT2D eigenvalue weighted by Gasteiger charge is 2.25. The van der Waals surface area contributed by atoms with Gasteiger partial charge >= 0.3 is 0 Å². The molecule has 0 amide bonds. The molecule has 0 bridgehead atoms. The van der Waals surface area contributed by atoms with E-state index in [0.29, 0.717) is 0 Å². The molecule has 0 N–H and O–H groups in total. The second-order valence-corrected chi connectivity index (χ2v) is 7.63. The van der Waals surface area contributed by atoms with Crippen molar-refractivity contribution in [3.63, 3.8) is 0 Å². The van der Waals surface area contributed by atoms with Crippen LogP contribution in [-0.4, -0.2) is 0 Å². The first kappa shape index (κ1) is 18.9. The summed E-state index contributed by atoms with van der Waals surface area (Å²) < 4.78 is 0. The van der Waals surface area contributed by atoms with Crippen LogP contribution in [0.15, 0.2) is 29.8 Å². The van der Waals surface area contributed by atoms with Gasteiger partial charge in [0.25, 0.3) is 0 Å². The van der Waals surface area contributed by atoms with Gasteiger partial charge < -0.3 is 0 Å². The standard InChI is InChI=1S/C24H34/c1-5-7-10-21(6-2)11-8-9-12-22-14-16-24(18-22)23-15-13-19(3)20(4)17-23/h2,10,13,15,17,22,24H,5,7-9,11-12,14,16,18H2,1,3-4H3/b21-10+. The molecular formula is C24H34. The molecule has 1 saturated carbocycles. The van der Waals surface area contributed by atoms with Crippen LogP contribution < -0.4 is 0 Å². The van der Waals surface area contributed by atoms with Gasteiger partial charge in [-0.25, -0.2) is 0 Å². The molecule has 0 aromatic heterocycles. The molecule has 0 heteroatoms. The van der Waals surface area contributed by atoms with E-state index in [9.17, 15) is 0 Å². The van der Waals surface area contributed by atoms with Crippen molar-refractivity contribution in [2.75, 3.05) is 0 Å². The summed E-state index contributed by atoms with van der Waals surface area (Å²) in [7, 11) is 0. The van der Waals surface area contributed by atoms with Crippen molar-refractivity contribution in [2.45, 2.75) is 84.5 Å². The number of unbranched alkanes of at least 4 members (excludes halogenated alkanes) is 2. The number of allylic oxidation sites excluding steroid dienone is 2. The van der Waals surface area contributed by atoms with Gasteiger partial charge in [-0.1, -0.05) is 56.4 Å². The highest BCUT2D eigenvalue weighted by atomic mass is 14.3. The molecule has 0 aliphatic heterocycles. The van der Waals surface area contributed by atoms with E-state index in [1.165, 1.54) is 61.6 Å². The minimum absolute atomic E-state index is 0.792. The fraction of sp³-hybridized carbons (Fsp3) is 0.583. The first-order chi connectivity index (χ1) is 11.6. The molecule has 0 spiro atoms. The minimum Gasteiger partial charge on any atom is -0.115 e. The summed E-state index contributed by atoms with van der Waals surface area (Å²) in [4.78, 5) is 0. The summed E-state index contributed by atoms with van der Waals surface area (Å²) in [6.45, 7) is 6.65. The molecule has 1 aromatic carbocycles. The third kappa shape index (κ3) is 5.55. The molecule has 130 valence electrons. The Hall–Kier alpha value is -1.48. The topological polar surface area (TPSA) is 0 Å². The quantitative estimate of drug-likeness (QED) is 0.353. The van der Waals surface area contributed by atoms with Crippen LogP contribution in [0.3, 0.4) is 0 Å². The maximum Gasteiger partial charge on any atom is -0.00223 e. The number of benzene rings is 1. The van der Waals surface area contributed by atoms with E-state index in [1.807, 2.05) is 0 Å².